The molecule has 0 spiro atoms. The van der Waals surface area contributed by atoms with Gasteiger partial charge in [-0.2, -0.15) is 0 Å². The van der Waals surface area contributed by atoms with Crippen LogP contribution in [0.2, 0.25) is 0 Å². The second-order valence-electron chi connectivity index (χ2n) is 5.02. The zero-order chi connectivity index (χ0) is 14.4. The molecule has 1 aromatic heterocycles. The zero-order valence-corrected chi connectivity index (χ0v) is 12.6. The van der Waals surface area contributed by atoms with Crippen molar-refractivity contribution in [3.05, 3.63) is 30.1 Å². The predicted octanol–water partition coefficient (Wildman–Crippen LogP) is -0.252. The van der Waals surface area contributed by atoms with Crippen molar-refractivity contribution in [3.63, 3.8) is 0 Å². The van der Waals surface area contributed by atoms with Crippen molar-refractivity contribution in [2.24, 2.45) is 0 Å². The normalized spacial score (nSPS) is 17.5. The van der Waals surface area contributed by atoms with Gasteiger partial charge >= 0.3 is 0 Å². The molecule has 2 rings (SSSR count). The summed E-state index contributed by atoms with van der Waals surface area (Å²) < 4.78 is 25.9. The summed E-state index contributed by atoms with van der Waals surface area (Å²) in [5.74, 6) is 0.175. The molecule has 1 aliphatic rings. The first-order valence-electron chi connectivity index (χ1n) is 6.84. The van der Waals surface area contributed by atoms with Gasteiger partial charge in [0.05, 0.1) is 5.75 Å². The molecule has 1 saturated heterocycles. The Labute approximate surface area is 120 Å². The van der Waals surface area contributed by atoms with Crippen LogP contribution in [0.4, 0.5) is 0 Å². The Morgan fingerprint density at radius 3 is 2.60 bits per heavy atom. The molecule has 1 N–H and O–H groups in total. The number of sulfonamides is 1. The Hall–Kier alpha value is -1.02. The van der Waals surface area contributed by atoms with Crippen molar-refractivity contribution in [2.45, 2.75) is 6.54 Å². The van der Waals surface area contributed by atoms with Gasteiger partial charge in [0.25, 0.3) is 0 Å². The molecule has 20 heavy (non-hydrogen) atoms. The first-order valence-corrected chi connectivity index (χ1v) is 8.45. The third-order valence-corrected chi connectivity index (χ3v) is 5.28. The van der Waals surface area contributed by atoms with E-state index in [0.717, 1.165) is 31.7 Å². The fraction of sp³-hybridized carbons (Fsp3) is 0.615. The molecule has 6 nitrogen and oxygen atoms in total. The van der Waals surface area contributed by atoms with Crippen LogP contribution in [-0.4, -0.2) is 68.1 Å². The first kappa shape index (κ1) is 15.4. The van der Waals surface area contributed by atoms with E-state index in [1.165, 1.54) is 4.31 Å². The first-order chi connectivity index (χ1) is 9.58. The molecule has 0 saturated carbocycles. The average Bonchev–Trinajstić information content (AvgIpc) is 2.47. The highest BCUT2D eigenvalue weighted by Gasteiger charge is 2.20. The van der Waals surface area contributed by atoms with E-state index in [0.29, 0.717) is 13.1 Å². The van der Waals surface area contributed by atoms with Gasteiger partial charge in [-0.05, 0) is 17.7 Å². The Morgan fingerprint density at radius 2 is 1.95 bits per heavy atom. The van der Waals surface area contributed by atoms with Gasteiger partial charge in [0, 0.05) is 58.7 Å². The molecular formula is C13H22N4O2S. The number of hydrogen-bond acceptors (Lipinski definition) is 5. The van der Waals surface area contributed by atoms with Crippen molar-refractivity contribution in [1.82, 2.24) is 19.5 Å². The van der Waals surface area contributed by atoms with Gasteiger partial charge in [0.2, 0.25) is 10.0 Å². The van der Waals surface area contributed by atoms with E-state index >= 15 is 0 Å². The van der Waals surface area contributed by atoms with Crippen molar-refractivity contribution < 1.29 is 8.42 Å². The smallest absolute Gasteiger partial charge is 0.215 e. The van der Waals surface area contributed by atoms with Crippen molar-refractivity contribution in [1.29, 1.82) is 0 Å². The fourth-order valence-corrected chi connectivity index (χ4v) is 3.33. The van der Waals surface area contributed by atoms with Crippen LogP contribution in [0, 0.1) is 0 Å². The molecule has 0 aliphatic carbocycles. The maximum atomic E-state index is 12.2. The summed E-state index contributed by atoms with van der Waals surface area (Å²) in [5, 5.41) is 3.26. The Bertz CT molecular complexity index is 500. The predicted molar refractivity (Wildman–Crippen MR) is 78.8 cm³/mol. The topological polar surface area (TPSA) is 65.5 Å². The summed E-state index contributed by atoms with van der Waals surface area (Å²) in [6.07, 6.45) is 3.35. The third kappa shape index (κ3) is 4.52. The standard InChI is InChI=1S/C13H22N4O2S/c1-16(12-13-2-4-14-5-3-13)20(18,19)11-10-17-8-6-15-7-9-17/h2-5,15H,6-12H2,1H3. The molecule has 0 atom stereocenters. The number of aromatic nitrogens is 1. The average molecular weight is 298 g/mol. The second-order valence-corrected chi connectivity index (χ2v) is 7.21. The van der Waals surface area contributed by atoms with Gasteiger partial charge in [0.1, 0.15) is 0 Å². The summed E-state index contributed by atoms with van der Waals surface area (Å²) in [6.45, 7) is 4.71. The number of hydrogen-bond donors (Lipinski definition) is 1. The summed E-state index contributed by atoms with van der Waals surface area (Å²) in [6, 6.07) is 3.67. The maximum Gasteiger partial charge on any atom is 0.215 e. The lowest BCUT2D eigenvalue weighted by molar-refractivity contribution is 0.252. The van der Waals surface area contributed by atoms with E-state index in [4.69, 9.17) is 0 Å². The summed E-state index contributed by atoms with van der Waals surface area (Å²) >= 11 is 0. The highest BCUT2D eigenvalue weighted by Crippen LogP contribution is 2.07. The summed E-state index contributed by atoms with van der Waals surface area (Å²) in [7, 11) is -1.57. The molecule has 112 valence electrons. The molecule has 0 aromatic carbocycles. The van der Waals surface area contributed by atoms with Crippen molar-refractivity contribution in [3.8, 4) is 0 Å². The fourth-order valence-electron chi connectivity index (χ4n) is 2.18. The zero-order valence-electron chi connectivity index (χ0n) is 11.8. The van der Waals surface area contributed by atoms with Crippen LogP contribution in [0.3, 0.4) is 0 Å². The van der Waals surface area contributed by atoms with Gasteiger partial charge in [-0.1, -0.05) is 0 Å². The largest absolute Gasteiger partial charge is 0.314 e. The van der Waals surface area contributed by atoms with Gasteiger partial charge in [-0.25, -0.2) is 12.7 Å². The molecule has 0 bridgehead atoms. The van der Waals surface area contributed by atoms with E-state index in [9.17, 15) is 8.42 Å². The minimum Gasteiger partial charge on any atom is -0.314 e. The lowest BCUT2D eigenvalue weighted by atomic mass is 10.3. The van der Waals surface area contributed by atoms with Crippen molar-refractivity contribution in [2.75, 3.05) is 45.5 Å². The SMILES string of the molecule is CN(Cc1ccncc1)S(=O)(=O)CCN1CCNCC1. The molecule has 1 aliphatic heterocycles. The number of nitrogens with one attached hydrogen (secondary N) is 1. The quantitative estimate of drug-likeness (QED) is 0.784. The molecular weight excluding hydrogens is 276 g/mol. The van der Waals surface area contributed by atoms with Gasteiger partial charge in [0.15, 0.2) is 0 Å². The van der Waals surface area contributed by atoms with E-state index in [2.05, 4.69) is 15.2 Å². The van der Waals surface area contributed by atoms with Crippen molar-refractivity contribution >= 4 is 10.0 Å². The van der Waals surface area contributed by atoms with Crippen LogP contribution in [0.5, 0.6) is 0 Å². The van der Waals surface area contributed by atoms with Gasteiger partial charge in [-0.3, -0.25) is 9.88 Å². The number of nitrogens with zero attached hydrogens (tertiary/aromatic N) is 3. The third-order valence-electron chi connectivity index (χ3n) is 3.50. The van der Waals surface area contributed by atoms with E-state index < -0.39 is 10.0 Å². The molecule has 2 heterocycles. The lowest BCUT2D eigenvalue weighted by Crippen LogP contribution is -2.46. The van der Waals surface area contributed by atoms with Crippen LogP contribution < -0.4 is 5.32 Å². The number of piperazine rings is 1. The van der Waals surface area contributed by atoms with Crippen LogP contribution in [0.15, 0.2) is 24.5 Å². The Morgan fingerprint density at radius 1 is 1.30 bits per heavy atom. The molecule has 1 fully saturated rings. The minimum absolute atomic E-state index is 0.175. The minimum atomic E-state index is -3.21. The van der Waals surface area contributed by atoms with Crippen LogP contribution >= 0.6 is 0 Å². The summed E-state index contributed by atoms with van der Waals surface area (Å²) in [5.41, 5.74) is 0.952. The number of rotatable bonds is 6. The highest BCUT2D eigenvalue weighted by atomic mass is 32.2. The molecule has 1 aromatic rings. The molecule has 7 heteroatoms. The van der Waals surface area contributed by atoms with Gasteiger partial charge < -0.3 is 5.32 Å². The van der Waals surface area contributed by atoms with Crippen LogP contribution in [0.1, 0.15) is 5.56 Å². The van der Waals surface area contributed by atoms with E-state index in [-0.39, 0.29) is 5.75 Å². The maximum absolute atomic E-state index is 12.2. The van der Waals surface area contributed by atoms with Crippen LogP contribution in [-0.2, 0) is 16.6 Å². The monoisotopic (exact) mass is 298 g/mol. The summed E-state index contributed by atoms with van der Waals surface area (Å²) in [4.78, 5) is 6.12. The molecule has 0 amide bonds. The van der Waals surface area contributed by atoms with Crippen LogP contribution in [0.25, 0.3) is 0 Å². The van der Waals surface area contributed by atoms with E-state index in [1.54, 1.807) is 19.4 Å². The Balaban J connectivity index is 1.85. The van der Waals surface area contributed by atoms with E-state index in [1.807, 2.05) is 12.1 Å². The molecule has 0 unspecified atom stereocenters. The highest BCUT2D eigenvalue weighted by molar-refractivity contribution is 7.89. The second kappa shape index (κ2) is 7.12. The lowest BCUT2D eigenvalue weighted by Gasteiger charge is -2.27. The molecule has 0 radical (unpaired) electrons. The Kier molecular flexibility index (Phi) is 5.47. The number of pyridine rings is 1. The van der Waals surface area contributed by atoms with Gasteiger partial charge in [-0.15, -0.1) is 0 Å².